The van der Waals surface area contributed by atoms with Gasteiger partial charge in [-0.25, -0.2) is 28.8 Å². The van der Waals surface area contributed by atoms with Gasteiger partial charge in [-0.1, -0.05) is 0 Å². The zero-order valence-corrected chi connectivity index (χ0v) is 8.57. The average Bonchev–Trinajstić information content (AvgIpc) is 2.16. The Morgan fingerprint density at radius 1 is 0.550 bits per heavy atom. The Hall–Kier alpha value is 0.413. The zero-order chi connectivity index (χ0) is 12.9. The van der Waals surface area contributed by atoms with Crippen LogP contribution in [-0.4, -0.2) is 149 Å². The van der Waals surface area contributed by atoms with Gasteiger partial charge in [0.2, 0.25) is 0 Å². The predicted molar refractivity (Wildman–Crippen MR) is 61.8 cm³/mol. The van der Waals surface area contributed by atoms with E-state index in [9.17, 15) is 28.8 Å². The quantitative estimate of drug-likeness (QED) is 0.143. The number of carboxylic acid groups (broad SMARTS) is 2. The third-order valence-electron chi connectivity index (χ3n) is 0.887. The van der Waals surface area contributed by atoms with Crippen LogP contribution in [0.15, 0.2) is 0 Å². The SMILES string of the molecule is N.N.O=C(O)C(=O)OC(=O)C(=O)OC(=O)C(=O)O.[KH].[KH]. The third kappa shape index (κ3) is 13.4. The summed E-state index contributed by atoms with van der Waals surface area (Å²) in [7, 11) is 0. The van der Waals surface area contributed by atoms with Crippen LogP contribution in [-0.2, 0) is 38.2 Å². The number of carbonyl (C=O) groups excluding carboxylic acids is 4. The van der Waals surface area contributed by atoms with Crippen LogP contribution in [0.5, 0.6) is 0 Å². The summed E-state index contributed by atoms with van der Waals surface area (Å²) in [5.74, 6) is -12.7. The van der Waals surface area contributed by atoms with Crippen molar-refractivity contribution in [3.63, 3.8) is 0 Å². The van der Waals surface area contributed by atoms with E-state index in [4.69, 9.17) is 10.2 Å². The number of hydrogen-bond acceptors (Lipinski definition) is 10. The van der Waals surface area contributed by atoms with E-state index in [-0.39, 0.29) is 115 Å². The van der Waals surface area contributed by atoms with E-state index in [1.165, 1.54) is 0 Å². The van der Waals surface area contributed by atoms with E-state index in [0.717, 1.165) is 0 Å². The fraction of sp³-hybridized carbons (Fsp3) is 0. The van der Waals surface area contributed by atoms with Crippen LogP contribution in [0.2, 0.25) is 0 Å². The van der Waals surface area contributed by atoms with Crippen LogP contribution in [0, 0.1) is 0 Å². The van der Waals surface area contributed by atoms with Crippen molar-refractivity contribution in [2.45, 2.75) is 0 Å². The number of ether oxygens (including phenoxy) is 2. The standard InChI is InChI=1S/C6H2O10.2K.2H3N.2H/c7-1(8)3(11)15-5(13)6(14)16-4(12)2(9)10;;;;;;/h(H,7,8)(H,9,10);;;2*1H3;;. The van der Waals surface area contributed by atoms with Crippen LogP contribution in [0.25, 0.3) is 0 Å². The van der Waals surface area contributed by atoms with Gasteiger partial charge in [0.15, 0.2) is 0 Å². The molecule has 20 heavy (non-hydrogen) atoms. The molecule has 0 fully saturated rings. The van der Waals surface area contributed by atoms with Crippen LogP contribution in [0.1, 0.15) is 0 Å². The number of carbonyl (C=O) groups is 6. The molecule has 0 aliphatic rings. The number of hydrogen-bond donors (Lipinski definition) is 4. The first-order valence-electron chi connectivity index (χ1n) is 3.24. The molecule has 0 aromatic carbocycles. The first-order valence-corrected chi connectivity index (χ1v) is 3.24. The van der Waals surface area contributed by atoms with Gasteiger partial charge in [-0.2, -0.15) is 0 Å². The van der Waals surface area contributed by atoms with Crippen molar-refractivity contribution >= 4 is 139 Å². The first kappa shape index (κ1) is 32.4. The van der Waals surface area contributed by atoms with Gasteiger partial charge < -0.3 is 32.0 Å². The molecule has 0 atom stereocenters. The van der Waals surface area contributed by atoms with Crippen molar-refractivity contribution < 1.29 is 48.5 Å². The van der Waals surface area contributed by atoms with Crippen molar-refractivity contribution in [1.29, 1.82) is 0 Å². The molecule has 0 heterocycles. The summed E-state index contributed by atoms with van der Waals surface area (Å²) in [4.78, 5) is 61.1. The summed E-state index contributed by atoms with van der Waals surface area (Å²) in [5, 5.41) is 15.9. The fourth-order valence-corrected chi connectivity index (χ4v) is 0.339. The van der Waals surface area contributed by atoms with E-state index in [1.54, 1.807) is 0 Å². The normalized spacial score (nSPS) is 7.00. The van der Waals surface area contributed by atoms with Crippen molar-refractivity contribution in [3.05, 3.63) is 0 Å². The Labute approximate surface area is 195 Å². The third-order valence-corrected chi connectivity index (χ3v) is 0.887. The molecule has 0 rings (SSSR count). The molecule has 0 bridgehead atoms. The molecule has 0 saturated carbocycles. The Morgan fingerprint density at radius 3 is 0.900 bits per heavy atom. The maximum absolute atomic E-state index is 10.5. The topological polar surface area (TPSA) is 231 Å². The van der Waals surface area contributed by atoms with Crippen molar-refractivity contribution in [1.82, 2.24) is 12.3 Å². The summed E-state index contributed by atoms with van der Waals surface area (Å²) in [6, 6.07) is 0. The minimum atomic E-state index is -2.16. The molecule has 0 radical (unpaired) electrons. The van der Waals surface area contributed by atoms with Gasteiger partial charge in [0.05, 0.1) is 0 Å². The molecule has 106 valence electrons. The minimum absolute atomic E-state index is 0. The van der Waals surface area contributed by atoms with E-state index >= 15 is 0 Å². The monoisotopic (exact) mass is 348 g/mol. The zero-order valence-electron chi connectivity index (χ0n) is 8.57. The van der Waals surface area contributed by atoms with Crippen LogP contribution < -0.4 is 12.3 Å². The molecule has 0 spiro atoms. The van der Waals surface area contributed by atoms with E-state index in [1.807, 2.05) is 0 Å². The van der Waals surface area contributed by atoms with Gasteiger partial charge >= 0.3 is 139 Å². The molecule has 0 aromatic heterocycles. The summed E-state index contributed by atoms with van der Waals surface area (Å²) in [6.45, 7) is 0. The summed E-state index contributed by atoms with van der Waals surface area (Å²) >= 11 is 0. The summed E-state index contributed by atoms with van der Waals surface area (Å²) in [5.41, 5.74) is 0. The van der Waals surface area contributed by atoms with Gasteiger partial charge in [0, 0.05) is 0 Å². The molecular formula is C6H10K2N2O10. The van der Waals surface area contributed by atoms with Crippen LogP contribution in [0.4, 0.5) is 0 Å². The molecular weight excluding hydrogens is 338 g/mol. The van der Waals surface area contributed by atoms with E-state index in [2.05, 4.69) is 9.47 Å². The molecule has 8 N–H and O–H groups in total. The van der Waals surface area contributed by atoms with Crippen LogP contribution in [0.3, 0.4) is 0 Å². The summed E-state index contributed by atoms with van der Waals surface area (Å²) < 4.78 is 6.71. The average molecular weight is 348 g/mol. The molecule has 0 aromatic rings. The van der Waals surface area contributed by atoms with Crippen molar-refractivity contribution in [2.75, 3.05) is 0 Å². The second kappa shape index (κ2) is 15.8. The number of esters is 4. The second-order valence-corrected chi connectivity index (χ2v) is 1.96. The Balaban J connectivity index is -0.000000187. The van der Waals surface area contributed by atoms with E-state index in [0.29, 0.717) is 0 Å². The molecule has 12 nitrogen and oxygen atoms in total. The van der Waals surface area contributed by atoms with Crippen LogP contribution >= 0.6 is 0 Å². The van der Waals surface area contributed by atoms with Gasteiger partial charge in [0.1, 0.15) is 0 Å². The molecule has 0 saturated heterocycles. The first-order chi connectivity index (χ1) is 7.25. The van der Waals surface area contributed by atoms with E-state index < -0.39 is 35.8 Å². The molecule has 0 aliphatic heterocycles. The molecule has 0 aliphatic carbocycles. The Kier molecular flexibility index (Phi) is 25.6. The van der Waals surface area contributed by atoms with Gasteiger partial charge in [-0.15, -0.1) is 0 Å². The molecule has 0 unspecified atom stereocenters. The number of aliphatic carboxylic acids is 2. The van der Waals surface area contributed by atoms with Gasteiger partial charge in [0.25, 0.3) is 0 Å². The second-order valence-electron chi connectivity index (χ2n) is 1.96. The summed E-state index contributed by atoms with van der Waals surface area (Å²) in [6.07, 6.45) is 0. The number of carboxylic acids is 2. The fourth-order valence-electron chi connectivity index (χ4n) is 0.339. The van der Waals surface area contributed by atoms with Crippen molar-refractivity contribution in [3.8, 4) is 0 Å². The Bertz CT molecular complexity index is 371. The number of rotatable bonds is 0. The Morgan fingerprint density at radius 2 is 0.750 bits per heavy atom. The van der Waals surface area contributed by atoms with Crippen molar-refractivity contribution in [2.24, 2.45) is 0 Å². The van der Waals surface area contributed by atoms with Gasteiger partial charge in [-0.05, 0) is 0 Å². The molecule has 14 heteroatoms. The maximum atomic E-state index is 10.5. The predicted octanol–water partition coefficient (Wildman–Crippen LogP) is -3.68. The van der Waals surface area contributed by atoms with Gasteiger partial charge in [-0.3, -0.25) is 0 Å². The molecule has 0 amide bonds.